The van der Waals surface area contributed by atoms with E-state index in [0.29, 0.717) is 28.6 Å². The molecule has 1 atom stereocenters. The van der Waals surface area contributed by atoms with Crippen LogP contribution >= 0.6 is 0 Å². The molecule has 0 aliphatic heterocycles. The van der Waals surface area contributed by atoms with Crippen molar-refractivity contribution in [2.75, 3.05) is 10.6 Å². The number of nitrogens with one attached hydrogen (secondary N) is 2. The fourth-order valence-corrected chi connectivity index (χ4v) is 2.56. The van der Waals surface area contributed by atoms with Gasteiger partial charge in [0.2, 0.25) is 5.91 Å². The van der Waals surface area contributed by atoms with Crippen molar-refractivity contribution in [2.24, 2.45) is 0 Å². The first-order valence-electron chi connectivity index (χ1n) is 8.65. The van der Waals surface area contributed by atoms with Gasteiger partial charge in [-0.05, 0) is 38.1 Å². The summed E-state index contributed by atoms with van der Waals surface area (Å²) in [6.45, 7) is 3.55. The molecule has 0 saturated heterocycles. The summed E-state index contributed by atoms with van der Waals surface area (Å²) in [5, 5.41) is 16.7. The van der Waals surface area contributed by atoms with Crippen molar-refractivity contribution in [2.45, 2.75) is 19.9 Å². The van der Waals surface area contributed by atoms with Crippen molar-refractivity contribution in [3.63, 3.8) is 0 Å². The fraction of sp³-hybridized carbons (Fsp3) is 0.150. The topological polar surface area (TPSA) is 110 Å². The van der Waals surface area contributed by atoms with Crippen LogP contribution in [0.4, 0.5) is 17.2 Å². The Kier molecular flexibility index (Phi) is 5.59. The lowest BCUT2D eigenvalue weighted by molar-refractivity contribution is -0.384. The highest BCUT2D eigenvalue weighted by Gasteiger charge is 2.15. The van der Waals surface area contributed by atoms with E-state index in [9.17, 15) is 14.9 Å². The minimum absolute atomic E-state index is 0.000886. The van der Waals surface area contributed by atoms with Crippen molar-refractivity contribution in [1.82, 2.24) is 9.97 Å². The van der Waals surface area contributed by atoms with Crippen LogP contribution in [0.15, 0.2) is 60.7 Å². The average Bonchev–Trinajstić information content (AvgIpc) is 2.68. The lowest BCUT2D eigenvalue weighted by atomic mass is 10.2. The number of hydrogen-bond acceptors (Lipinski definition) is 6. The zero-order valence-corrected chi connectivity index (χ0v) is 15.4. The molecule has 28 heavy (non-hydrogen) atoms. The largest absolute Gasteiger partial charge is 0.358 e. The molecule has 0 radical (unpaired) electrons. The maximum absolute atomic E-state index is 12.4. The van der Waals surface area contributed by atoms with Gasteiger partial charge in [-0.25, -0.2) is 9.97 Å². The predicted octanol–water partition coefficient (Wildman–Crippen LogP) is 3.80. The molecule has 1 aromatic heterocycles. The molecule has 0 aliphatic rings. The molecule has 8 nitrogen and oxygen atoms in total. The van der Waals surface area contributed by atoms with Gasteiger partial charge >= 0.3 is 0 Å². The molecule has 142 valence electrons. The first-order valence-corrected chi connectivity index (χ1v) is 8.65. The van der Waals surface area contributed by atoms with Crippen LogP contribution < -0.4 is 10.6 Å². The zero-order valence-electron chi connectivity index (χ0n) is 15.4. The number of para-hydroxylation sites is 1. The summed E-state index contributed by atoms with van der Waals surface area (Å²) in [5.41, 5.74) is 2.08. The van der Waals surface area contributed by atoms with Crippen LogP contribution in [-0.2, 0) is 4.79 Å². The number of benzene rings is 2. The molecule has 3 aromatic rings. The SMILES string of the molecule is Cc1cc(NC(C)C(=O)Nc2ccccc2)nc(-c2ccc([N+](=O)[O-])cc2)n1. The molecular weight excluding hydrogens is 358 g/mol. The Hall–Kier alpha value is -3.81. The van der Waals surface area contributed by atoms with Crippen LogP contribution in [0.2, 0.25) is 0 Å². The molecule has 0 saturated carbocycles. The molecule has 1 unspecified atom stereocenters. The van der Waals surface area contributed by atoms with Crippen molar-refractivity contribution >= 4 is 23.1 Å². The number of non-ortho nitro benzene ring substituents is 1. The Morgan fingerprint density at radius 3 is 2.39 bits per heavy atom. The molecule has 0 spiro atoms. The maximum Gasteiger partial charge on any atom is 0.269 e. The van der Waals surface area contributed by atoms with E-state index in [1.165, 1.54) is 12.1 Å². The van der Waals surface area contributed by atoms with Gasteiger partial charge in [-0.3, -0.25) is 14.9 Å². The Morgan fingerprint density at radius 2 is 1.75 bits per heavy atom. The zero-order chi connectivity index (χ0) is 20.1. The van der Waals surface area contributed by atoms with Crippen molar-refractivity contribution < 1.29 is 9.72 Å². The normalized spacial score (nSPS) is 11.5. The number of rotatable bonds is 6. The van der Waals surface area contributed by atoms with E-state index in [-0.39, 0.29) is 11.6 Å². The predicted molar refractivity (Wildman–Crippen MR) is 107 cm³/mol. The summed E-state index contributed by atoms with van der Waals surface area (Å²) >= 11 is 0. The van der Waals surface area contributed by atoms with E-state index < -0.39 is 11.0 Å². The lowest BCUT2D eigenvalue weighted by Gasteiger charge is -2.15. The van der Waals surface area contributed by atoms with E-state index in [1.54, 1.807) is 25.1 Å². The third-order valence-corrected chi connectivity index (χ3v) is 3.99. The van der Waals surface area contributed by atoms with Crippen molar-refractivity contribution in [3.8, 4) is 11.4 Å². The van der Waals surface area contributed by atoms with E-state index in [1.807, 2.05) is 37.3 Å². The number of nitro benzene ring substituents is 1. The summed E-state index contributed by atoms with van der Waals surface area (Å²) in [6.07, 6.45) is 0. The summed E-state index contributed by atoms with van der Waals surface area (Å²) in [5.74, 6) is 0.726. The minimum Gasteiger partial charge on any atom is -0.358 e. The number of aromatic nitrogens is 2. The Morgan fingerprint density at radius 1 is 1.07 bits per heavy atom. The number of anilines is 2. The van der Waals surface area contributed by atoms with Crippen LogP contribution in [0.25, 0.3) is 11.4 Å². The van der Waals surface area contributed by atoms with Gasteiger partial charge in [0.15, 0.2) is 5.82 Å². The Bertz CT molecular complexity index is 990. The summed E-state index contributed by atoms with van der Waals surface area (Å²) in [4.78, 5) is 31.5. The second-order valence-electron chi connectivity index (χ2n) is 6.24. The molecule has 3 rings (SSSR count). The highest BCUT2D eigenvalue weighted by molar-refractivity contribution is 5.96. The van der Waals surface area contributed by atoms with Gasteiger partial charge in [-0.15, -0.1) is 0 Å². The highest BCUT2D eigenvalue weighted by Crippen LogP contribution is 2.21. The second kappa shape index (κ2) is 8.26. The van der Waals surface area contributed by atoms with Crippen LogP contribution in [0.1, 0.15) is 12.6 Å². The molecular formula is C20H19N5O3. The summed E-state index contributed by atoms with van der Waals surface area (Å²) < 4.78 is 0. The number of carbonyl (C=O) groups excluding carboxylic acids is 1. The van der Waals surface area contributed by atoms with Crippen molar-refractivity contribution in [3.05, 3.63) is 76.5 Å². The van der Waals surface area contributed by atoms with Crippen LogP contribution in [-0.4, -0.2) is 26.8 Å². The molecule has 2 aromatic carbocycles. The van der Waals surface area contributed by atoms with Gasteiger partial charge in [0.1, 0.15) is 11.9 Å². The number of amides is 1. The smallest absolute Gasteiger partial charge is 0.269 e. The number of nitro groups is 1. The molecule has 0 aliphatic carbocycles. The third-order valence-electron chi connectivity index (χ3n) is 3.99. The monoisotopic (exact) mass is 377 g/mol. The van der Waals surface area contributed by atoms with Crippen LogP contribution in [0, 0.1) is 17.0 Å². The van der Waals surface area contributed by atoms with Crippen molar-refractivity contribution in [1.29, 1.82) is 0 Å². The lowest BCUT2D eigenvalue weighted by Crippen LogP contribution is -2.32. The standard InChI is InChI=1S/C20H19N5O3/c1-13-12-18(22-14(2)20(26)23-16-6-4-3-5-7-16)24-19(21-13)15-8-10-17(11-9-15)25(27)28/h3-12,14H,1-2H3,(H,23,26)(H,21,22,24). The quantitative estimate of drug-likeness (QED) is 0.499. The summed E-state index contributed by atoms with van der Waals surface area (Å²) in [6, 6.07) is 16.4. The van der Waals surface area contributed by atoms with Gasteiger partial charge in [0, 0.05) is 35.1 Å². The third kappa shape index (κ3) is 4.67. The number of carbonyl (C=O) groups is 1. The molecule has 2 N–H and O–H groups in total. The molecule has 8 heteroatoms. The molecule has 0 fully saturated rings. The Labute approximate surface area is 161 Å². The summed E-state index contributed by atoms with van der Waals surface area (Å²) in [7, 11) is 0. The second-order valence-corrected chi connectivity index (χ2v) is 6.24. The average molecular weight is 377 g/mol. The highest BCUT2D eigenvalue weighted by atomic mass is 16.6. The molecule has 1 amide bonds. The van der Waals surface area contributed by atoms with Crippen LogP contribution in [0.5, 0.6) is 0 Å². The van der Waals surface area contributed by atoms with Gasteiger partial charge in [0.25, 0.3) is 5.69 Å². The number of nitrogens with zero attached hydrogens (tertiary/aromatic N) is 3. The minimum atomic E-state index is -0.529. The van der Waals surface area contributed by atoms with E-state index in [4.69, 9.17) is 0 Å². The maximum atomic E-state index is 12.4. The molecule has 1 heterocycles. The van der Waals surface area contributed by atoms with E-state index in [0.717, 1.165) is 0 Å². The van der Waals surface area contributed by atoms with Gasteiger partial charge < -0.3 is 10.6 Å². The number of aryl methyl sites for hydroxylation is 1. The van der Waals surface area contributed by atoms with E-state index >= 15 is 0 Å². The van der Waals surface area contributed by atoms with Gasteiger partial charge in [-0.1, -0.05) is 18.2 Å². The van der Waals surface area contributed by atoms with Gasteiger partial charge in [0.05, 0.1) is 4.92 Å². The number of hydrogen-bond donors (Lipinski definition) is 2. The van der Waals surface area contributed by atoms with Crippen LogP contribution in [0.3, 0.4) is 0 Å². The Balaban J connectivity index is 1.75. The first kappa shape index (κ1) is 19.0. The molecule has 0 bridgehead atoms. The van der Waals surface area contributed by atoms with Gasteiger partial charge in [-0.2, -0.15) is 0 Å². The van der Waals surface area contributed by atoms with E-state index in [2.05, 4.69) is 20.6 Å². The fourth-order valence-electron chi connectivity index (χ4n) is 2.56. The first-order chi connectivity index (χ1) is 13.4.